The van der Waals surface area contributed by atoms with E-state index < -0.39 is 6.09 Å². The fourth-order valence-corrected chi connectivity index (χ4v) is 3.02. The van der Waals surface area contributed by atoms with Gasteiger partial charge in [-0.05, 0) is 17.7 Å². The molecule has 0 aliphatic heterocycles. The Morgan fingerprint density at radius 2 is 1.76 bits per heavy atom. The topological polar surface area (TPSA) is 38.3 Å². The Morgan fingerprint density at radius 3 is 2.38 bits per heavy atom. The normalized spacial score (nSPS) is 10.2. The van der Waals surface area contributed by atoms with Crippen LogP contribution in [0, 0.1) is 0 Å². The Kier molecular flexibility index (Phi) is 5.91. The van der Waals surface area contributed by atoms with Gasteiger partial charge >= 0.3 is 6.09 Å². The van der Waals surface area contributed by atoms with Crippen LogP contribution in [0.3, 0.4) is 0 Å². The highest BCUT2D eigenvalue weighted by atomic mass is 79.9. The molecule has 0 aliphatic rings. The maximum Gasteiger partial charge on any atom is 0.407 e. The SMILES string of the molecule is O=C(NCc1c(Cl)cc(Br)cc1Cl)OCc1ccccc1. The van der Waals surface area contributed by atoms with E-state index in [2.05, 4.69) is 21.2 Å². The molecule has 0 aromatic heterocycles. The number of halogens is 3. The van der Waals surface area contributed by atoms with E-state index in [0.717, 1.165) is 10.0 Å². The number of carbonyl (C=O) groups excluding carboxylic acids is 1. The number of amides is 1. The van der Waals surface area contributed by atoms with Crippen molar-refractivity contribution in [3.8, 4) is 0 Å². The molecule has 110 valence electrons. The van der Waals surface area contributed by atoms with Gasteiger partial charge in [-0.3, -0.25) is 0 Å². The first-order valence-corrected chi connectivity index (χ1v) is 7.69. The summed E-state index contributed by atoms with van der Waals surface area (Å²) in [6, 6.07) is 12.9. The minimum atomic E-state index is -0.520. The quantitative estimate of drug-likeness (QED) is 0.783. The molecule has 3 nitrogen and oxygen atoms in total. The predicted molar refractivity (Wildman–Crippen MR) is 87.6 cm³/mol. The first kappa shape index (κ1) is 16.1. The number of hydrogen-bond donors (Lipinski definition) is 1. The Hall–Kier alpha value is -1.23. The van der Waals surface area contributed by atoms with Gasteiger partial charge in [0.15, 0.2) is 0 Å². The summed E-state index contributed by atoms with van der Waals surface area (Å²) in [7, 11) is 0. The maximum atomic E-state index is 11.7. The van der Waals surface area contributed by atoms with E-state index in [1.165, 1.54) is 0 Å². The molecule has 0 atom stereocenters. The molecule has 1 amide bonds. The van der Waals surface area contributed by atoms with Crippen LogP contribution >= 0.6 is 39.1 Å². The fourth-order valence-electron chi connectivity index (χ4n) is 1.68. The number of nitrogens with one attached hydrogen (secondary N) is 1. The minimum Gasteiger partial charge on any atom is -0.445 e. The molecule has 0 fully saturated rings. The van der Waals surface area contributed by atoms with Gasteiger partial charge in [-0.15, -0.1) is 0 Å². The van der Waals surface area contributed by atoms with Crippen molar-refractivity contribution in [1.82, 2.24) is 5.32 Å². The van der Waals surface area contributed by atoms with E-state index in [1.807, 2.05) is 30.3 Å². The van der Waals surface area contributed by atoms with Crippen LogP contribution in [0.2, 0.25) is 10.0 Å². The standard InChI is InChI=1S/C15H12BrCl2NO2/c16-11-6-13(17)12(14(18)7-11)8-19-15(20)21-9-10-4-2-1-3-5-10/h1-7H,8-9H2,(H,19,20). The van der Waals surface area contributed by atoms with Crippen molar-refractivity contribution < 1.29 is 9.53 Å². The molecule has 6 heteroatoms. The molecule has 21 heavy (non-hydrogen) atoms. The number of carbonyl (C=O) groups is 1. The lowest BCUT2D eigenvalue weighted by atomic mass is 10.2. The second kappa shape index (κ2) is 7.69. The number of ether oxygens (including phenoxy) is 1. The van der Waals surface area contributed by atoms with Crippen LogP contribution < -0.4 is 5.32 Å². The zero-order valence-electron chi connectivity index (χ0n) is 10.9. The molecular weight excluding hydrogens is 377 g/mol. The van der Waals surface area contributed by atoms with Gasteiger partial charge in [0.1, 0.15) is 6.61 Å². The number of alkyl carbamates (subject to hydrolysis) is 1. The molecular formula is C15H12BrCl2NO2. The molecule has 2 rings (SSSR count). The molecule has 0 saturated heterocycles. The van der Waals surface area contributed by atoms with Gasteiger partial charge in [0.25, 0.3) is 0 Å². The van der Waals surface area contributed by atoms with E-state index in [9.17, 15) is 4.79 Å². The lowest BCUT2D eigenvalue weighted by molar-refractivity contribution is 0.139. The molecule has 2 aromatic carbocycles. The maximum absolute atomic E-state index is 11.7. The Bertz CT molecular complexity index is 612. The van der Waals surface area contributed by atoms with Gasteiger partial charge in [0.2, 0.25) is 0 Å². The number of hydrogen-bond acceptors (Lipinski definition) is 2. The van der Waals surface area contributed by atoms with Crippen molar-refractivity contribution in [2.24, 2.45) is 0 Å². The van der Waals surface area contributed by atoms with Crippen molar-refractivity contribution >= 4 is 45.2 Å². The summed E-state index contributed by atoms with van der Waals surface area (Å²) in [5.41, 5.74) is 1.57. The average molecular weight is 389 g/mol. The average Bonchev–Trinajstić information content (AvgIpc) is 2.45. The molecule has 0 bridgehead atoms. The van der Waals surface area contributed by atoms with E-state index in [4.69, 9.17) is 27.9 Å². The third kappa shape index (κ3) is 4.92. The highest BCUT2D eigenvalue weighted by Gasteiger charge is 2.10. The van der Waals surface area contributed by atoms with Crippen LogP contribution in [0.4, 0.5) is 4.79 Å². The van der Waals surface area contributed by atoms with Gasteiger partial charge < -0.3 is 10.1 Å². The number of benzene rings is 2. The summed E-state index contributed by atoms with van der Waals surface area (Å²) < 4.78 is 5.89. The summed E-state index contributed by atoms with van der Waals surface area (Å²) in [6.45, 7) is 0.424. The van der Waals surface area contributed by atoms with Crippen LogP contribution in [-0.2, 0) is 17.9 Å². The number of rotatable bonds is 4. The van der Waals surface area contributed by atoms with Gasteiger partial charge in [0.05, 0.1) is 0 Å². The van der Waals surface area contributed by atoms with Crippen molar-refractivity contribution in [1.29, 1.82) is 0 Å². The summed E-state index contributed by atoms with van der Waals surface area (Å²) in [6.07, 6.45) is -0.520. The van der Waals surface area contributed by atoms with Crippen LogP contribution in [0.1, 0.15) is 11.1 Å². The molecule has 0 heterocycles. The van der Waals surface area contributed by atoms with Gasteiger partial charge in [0, 0.05) is 26.6 Å². The summed E-state index contributed by atoms with van der Waals surface area (Å²) in [4.78, 5) is 11.7. The summed E-state index contributed by atoms with van der Waals surface area (Å²) in [5.74, 6) is 0. The Morgan fingerprint density at radius 1 is 1.14 bits per heavy atom. The monoisotopic (exact) mass is 387 g/mol. The first-order chi connectivity index (χ1) is 10.1. The van der Waals surface area contributed by atoms with Crippen molar-refractivity contribution in [3.05, 3.63) is 68.1 Å². The van der Waals surface area contributed by atoms with Crippen molar-refractivity contribution in [3.63, 3.8) is 0 Å². The lowest BCUT2D eigenvalue weighted by Crippen LogP contribution is -2.24. The molecule has 0 radical (unpaired) electrons. The van der Waals surface area contributed by atoms with Crippen molar-refractivity contribution in [2.75, 3.05) is 0 Å². The summed E-state index contributed by atoms with van der Waals surface area (Å²) in [5, 5.41) is 3.59. The van der Waals surface area contributed by atoms with E-state index in [1.54, 1.807) is 12.1 Å². The Balaban J connectivity index is 1.87. The first-order valence-electron chi connectivity index (χ1n) is 6.14. The highest BCUT2D eigenvalue weighted by Crippen LogP contribution is 2.29. The predicted octanol–water partition coefficient (Wildman–Crippen LogP) is 5.18. The molecule has 1 N–H and O–H groups in total. The second-order valence-electron chi connectivity index (χ2n) is 4.26. The third-order valence-electron chi connectivity index (χ3n) is 2.73. The Labute approximate surface area is 141 Å². The van der Waals surface area contributed by atoms with Gasteiger partial charge in [-0.25, -0.2) is 4.79 Å². The van der Waals surface area contributed by atoms with E-state index >= 15 is 0 Å². The molecule has 0 saturated carbocycles. The zero-order chi connectivity index (χ0) is 15.2. The van der Waals surface area contributed by atoms with E-state index in [0.29, 0.717) is 15.6 Å². The molecule has 0 aliphatic carbocycles. The van der Waals surface area contributed by atoms with Gasteiger partial charge in [-0.2, -0.15) is 0 Å². The largest absolute Gasteiger partial charge is 0.445 e. The third-order valence-corrected chi connectivity index (χ3v) is 3.86. The highest BCUT2D eigenvalue weighted by molar-refractivity contribution is 9.10. The fraction of sp³-hybridized carbons (Fsp3) is 0.133. The second-order valence-corrected chi connectivity index (χ2v) is 5.99. The van der Waals surface area contributed by atoms with Crippen LogP contribution in [0.15, 0.2) is 46.9 Å². The molecule has 0 spiro atoms. The minimum absolute atomic E-state index is 0.207. The smallest absolute Gasteiger partial charge is 0.407 e. The molecule has 2 aromatic rings. The van der Waals surface area contributed by atoms with Crippen LogP contribution in [0.5, 0.6) is 0 Å². The van der Waals surface area contributed by atoms with Gasteiger partial charge in [-0.1, -0.05) is 69.5 Å². The zero-order valence-corrected chi connectivity index (χ0v) is 14.0. The van der Waals surface area contributed by atoms with E-state index in [-0.39, 0.29) is 13.2 Å². The van der Waals surface area contributed by atoms with Crippen LogP contribution in [-0.4, -0.2) is 6.09 Å². The van der Waals surface area contributed by atoms with Crippen molar-refractivity contribution in [2.45, 2.75) is 13.2 Å². The summed E-state index contributed by atoms with van der Waals surface area (Å²) >= 11 is 15.5. The van der Waals surface area contributed by atoms with Crippen LogP contribution in [0.25, 0.3) is 0 Å². The molecule has 0 unspecified atom stereocenters. The lowest BCUT2D eigenvalue weighted by Gasteiger charge is -2.10.